The van der Waals surface area contributed by atoms with E-state index in [9.17, 15) is 9.90 Å². The van der Waals surface area contributed by atoms with Crippen molar-refractivity contribution in [1.29, 1.82) is 0 Å². The first-order valence-corrected chi connectivity index (χ1v) is 7.86. The summed E-state index contributed by atoms with van der Waals surface area (Å²) in [7, 11) is 0. The second-order valence-corrected chi connectivity index (χ2v) is 5.46. The number of ether oxygens (including phenoxy) is 1. The molecule has 0 saturated heterocycles. The maximum Gasteiger partial charge on any atom is 0.343 e. The summed E-state index contributed by atoms with van der Waals surface area (Å²) in [5.74, 6) is -0.930. The van der Waals surface area contributed by atoms with Gasteiger partial charge in [0.15, 0.2) is 0 Å². The Morgan fingerprint density at radius 1 is 1.21 bits per heavy atom. The number of aliphatic hydroxyl groups is 1. The molecule has 2 aromatic carbocycles. The summed E-state index contributed by atoms with van der Waals surface area (Å²) in [6, 6.07) is 14.2. The Morgan fingerprint density at radius 3 is 2.50 bits per heavy atom. The molecule has 0 spiro atoms. The number of hydrogen-bond donors (Lipinski definition) is 1. The highest BCUT2D eigenvalue weighted by atomic mass is 35.5. The molecule has 1 N–H and O–H groups in total. The van der Waals surface area contributed by atoms with E-state index in [-0.39, 0.29) is 17.9 Å². The average molecular weight is 344 g/mol. The van der Waals surface area contributed by atoms with E-state index in [1.54, 1.807) is 31.2 Å². The zero-order valence-corrected chi connectivity index (χ0v) is 14.2. The van der Waals surface area contributed by atoms with E-state index in [1.165, 1.54) is 6.21 Å². The van der Waals surface area contributed by atoms with E-state index in [0.717, 1.165) is 5.56 Å². The van der Waals surface area contributed by atoms with Crippen molar-refractivity contribution in [3.8, 4) is 0 Å². The number of hydrogen-bond acceptors (Lipinski definition) is 4. The topological polar surface area (TPSA) is 58.9 Å². The number of carbonyl (C=O) groups is 1. The number of benzene rings is 2. The molecule has 2 rings (SSSR count). The number of rotatable bonds is 5. The fourth-order valence-corrected chi connectivity index (χ4v) is 2.21. The molecule has 0 amide bonds. The Labute approximate surface area is 146 Å². The van der Waals surface area contributed by atoms with Crippen molar-refractivity contribution in [3.63, 3.8) is 0 Å². The lowest BCUT2D eigenvalue weighted by Crippen LogP contribution is -2.11. The predicted molar refractivity (Wildman–Crippen MR) is 97.0 cm³/mol. The van der Waals surface area contributed by atoms with Crippen LogP contribution in [0, 0.1) is 6.92 Å². The highest BCUT2D eigenvalue weighted by Gasteiger charge is 2.17. The van der Waals surface area contributed by atoms with Gasteiger partial charge in [-0.1, -0.05) is 41.4 Å². The van der Waals surface area contributed by atoms with E-state index < -0.39 is 5.97 Å². The zero-order chi connectivity index (χ0) is 17.5. The molecule has 0 aliphatic rings. The first kappa shape index (κ1) is 17.8. The van der Waals surface area contributed by atoms with Crippen LogP contribution < -0.4 is 0 Å². The number of aliphatic hydroxyl groups excluding tert-OH is 1. The minimum Gasteiger partial charge on any atom is -0.506 e. The number of esters is 1. The molecule has 0 atom stereocenters. The van der Waals surface area contributed by atoms with Crippen LogP contribution >= 0.6 is 11.6 Å². The van der Waals surface area contributed by atoms with Crippen LogP contribution in [0.15, 0.2) is 59.1 Å². The van der Waals surface area contributed by atoms with Gasteiger partial charge in [-0.25, -0.2) is 4.79 Å². The quantitative estimate of drug-likeness (QED) is 0.364. The molecule has 0 aliphatic heterocycles. The lowest BCUT2D eigenvalue weighted by atomic mass is 10.1. The third kappa shape index (κ3) is 4.46. The Kier molecular flexibility index (Phi) is 6.15. The van der Waals surface area contributed by atoms with Crippen molar-refractivity contribution >= 4 is 35.2 Å². The summed E-state index contributed by atoms with van der Waals surface area (Å²) in [5, 5.41) is 10.8. The monoisotopic (exact) mass is 343 g/mol. The van der Waals surface area contributed by atoms with Gasteiger partial charge in [-0.05, 0) is 38.1 Å². The number of aryl methyl sites for hydroxylation is 1. The van der Waals surface area contributed by atoms with Crippen LogP contribution in [0.1, 0.15) is 18.1 Å². The van der Waals surface area contributed by atoms with Crippen LogP contribution in [0.4, 0.5) is 5.69 Å². The molecule has 2 aromatic rings. The second kappa shape index (κ2) is 8.31. The van der Waals surface area contributed by atoms with Crippen molar-refractivity contribution in [2.45, 2.75) is 13.8 Å². The van der Waals surface area contributed by atoms with Crippen LogP contribution in [0.2, 0.25) is 5.02 Å². The van der Waals surface area contributed by atoms with Gasteiger partial charge < -0.3 is 9.84 Å². The number of halogens is 1. The van der Waals surface area contributed by atoms with Crippen molar-refractivity contribution in [1.82, 2.24) is 0 Å². The van der Waals surface area contributed by atoms with E-state index in [4.69, 9.17) is 16.3 Å². The lowest BCUT2D eigenvalue weighted by molar-refractivity contribution is -0.137. The molecule has 0 radical (unpaired) electrons. The van der Waals surface area contributed by atoms with Crippen LogP contribution in [0.25, 0.3) is 5.76 Å². The zero-order valence-electron chi connectivity index (χ0n) is 13.5. The number of aliphatic imine (C=N–C) groups is 1. The number of nitrogens with zero attached hydrogens (tertiary/aromatic N) is 1. The molecule has 5 heteroatoms. The van der Waals surface area contributed by atoms with Gasteiger partial charge in [0.2, 0.25) is 0 Å². The molecular formula is C19H18ClNO3. The minimum absolute atomic E-state index is 0.0504. The van der Waals surface area contributed by atoms with Crippen LogP contribution in [0.5, 0.6) is 0 Å². The standard InChI is InChI=1S/C19H18ClNO3/c1-3-24-19(23)16(12-21-14-10-8-13(2)9-11-14)18(22)15-6-4-5-7-17(15)20/h4-12,22H,3H2,1-2H3/b18-16-,21-12?. The van der Waals surface area contributed by atoms with Gasteiger partial charge in [0.1, 0.15) is 11.3 Å². The largest absolute Gasteiger partial charge is 0.506 e. The van der Waals surface area contributed by atoms with Gasteiger partial charge in [-0.2, -0.15) is 0 Å². The van der Waals surface area contributed by atoms with Crippen molar-refractivity contribution in [2.24, 2.45) is 4.99 Å². The normalized spacial score (nSPS) is 12.1. The third-order valence-electron chi connectivity index (χ3n) is 3.26. The molecular weight excluding hydrogens is 326 g/mol. The summed E-state index contributed by atoms with van der Waals surface area (Å²) in [6.45, 7) is 3.86. The molecule has 4 nitrogen and oxygen atoms in total. The summed E-state index contributed by atoms with van der Waals surface area (Å²) >= 11 is 6.09. The van der Waals surface area contributed by atoms with Gasteiger partial charge in [0.05, 0.1) is 17.3 Å². The predicted octanol–water partition coefficient (Wildman–Crippen LogP) is 4.88. The first-order valence-electron chi connectivity index (χ1n) is 7.49. The summed E-state index contributed by atoms with van der Waals surface area (Å²) in [6.07, 6.45) is 1.29. The Balaban J connectivity index is 2.44. The van der Waals surface area contributed by atoms with E-state index in [1.807, 2.05) is 31.2 Å². The van der Waals surface area contributed by atoms with Crippen LogP contribution in [-0.4, -0.2) is 23.9 Å². The molecule has 24 heavy (non-hydrogen) atoms. The molecule has 0 heterocycles. The Morgan fingerprint density at radius 2 is 1.88 bits per heavy atom. The van der Waals surface area contributed by atoms with Gasteiger partial charge in [0, 0.05) is 11.8 Å². The van der Waals surface area contributed by atoms with Crippen LogP contribution in [-0.2, 0) is 9.53 Å². The van der Waals surface area contributed by atoms with Crippen LogP contribution in [0.3, 0.4) is 0 Å². The molecule has 0 aromatic heterocycles. The summed E-state index contributed by atoms with van der Waals surface area (Å²) in [4.78, 5) is 16.4. The van der Waals surface area contributed by atoms with E-state index >= 15 is 0 Å². The van der Waals surface area contributed by atoms with E-state index in [0.29, 0.717) is 16.3 Å². The molecule has 0 saturated carbocycles. The molecule has 0 fully saturated rings. The smallest absolute Gasteiger partial charge is 0.343 e. The molecule has 0 bridgehead atoms. The van der Waals surface area contributed by atoms with Crippen molar-refractivity contribution in [2.75, 3.05) is 6.61 Å². The average Bonchev–Trinajstić information content (AvgIpc) is 2.57. The van der Waals surface area contributed by atoms with Crippen molar-refractivity contribution < 1.29 is 14.6 Å². The Bertz CT molecular complexity index is 779. The SMILES string of the molecule is CCOC(=O)/C(C=Nc1ccc(C)cc1)=C(\O)c1ccccc1Cl. The summed E-state index contributed by atoms with van der Waals surface area (Å²) in [5.41, 5.74) is 2.06. The fraction of sp³-hybridized carbons (Fsp3) is 0.158. The molecule has 124 valence electrons. The summed E-state index contributed by atoms with van der Waals surface area (Å²) < 4.78 is 5.00. The highest BCUT2D eigenvalue weighted by molar-refractivity contribution is 6.32. The maximum absolute atomic E-state index is 12.2. The van der Waals surface area contributed by atoms with Gasteiger partial charge >= 0.3 is 5.97 Å². The highest BCUT2D eigenvalue weighted by Crippen LogP contribution is 2.24. The molecule has 0 unspecified atom stereocenters. The second-order valence-electron chi connectivity index (χ2n) is 5.06. The molecule has 0 aliphatic carbocycles. The number of carbonyl (C=O) groups excluding carboxylic acids is 1. The Hall–Kier alpha value is -2.59. The lowest BCUT2D eigenvalue weighted by Gasteiger charge is -2.08. The van der Waals surface area contributed by atoms with Crippen molar-refractivity contribution in [3.05, 3.63) is 70.3 Å². The minimum atomic E-state index is -0.661. The maximum atomic E-state index is 12.2. The van der Waals surface area contributed by atoms with Gasteiger partial charge in [-0.15, -0.1) is 0 Å². The van der Waals surface area contributed by atoms with Gasteiger partial charge in [0.25, 0.3) is 0 Å². The third-order valence-corrected chi connectivity index (χ3v) is 3.59. The van der Waals surface area contributed by atoms with E-state index in [2.05, 4.69) is 4.99 Å². The first-order chi connectivity index (χ1) is 11.5. The van der Waals surface area contributed by atoms with Gasteiger partial charge in [-0.3, -0.25) is 4.99 Å². The fourth-order valence-electron chi connectivity index (χ4n) is 1.99.